The van der Waals surface area contributed by atoms with Crippen LogP contribution in [0.25, 0.3) is 0 Å². The van der Waals surface area contributed by atoms with Gasteiger partial charge in [-0.3, -0.25) is 14.9 Å². The molecule has 5 nitrogen and oxygen atoms in total. The maximum Gasteiger partial charge on any atom is 0.286 e. The largest absolute Gasteiger partial charge is 0.491 e. The second-order valence-corrected chi connectivity index (χ2v) is 7.35. The predicted molar refractivity (Wildman–Crippen MR) is 101 cm³/mol. The summed E-state index contributed by atoms with van der Waals surface area (Å²) >= 11 is 1.04. The van der Waals surface area contributed by atoms with E-state index in [0.29, 0.717) is 13.0 Å². The van der Waals surface area contributed by atoms with Gasteiger partial charge in [0, 0.05) is 7.11 Å². The van der Waals surface area contributed by atoms with Gasteiger partial charge in [-0.2, -0.15) is 0 Å². The Morgan fingerprint density at radius 1 is 1.08 bits per heavy atom. The third-order valence-corrected chi connectivity index (χ3v) is 5.23. The minimum atomic E-state index is -0.353. The molecule has 26 heavy (non-hydrogen) atoms. The minimum absolute atomic E-state index is 0.139. The maximum atomic E-state index is 11.6. The summed E-state index contributed by atoms with van der Waals surface area (Å²) in [6.45, 7) is 2.46. The van der Waals surface area contributed by atoms with Crippen molar-refractivity contribution in [1.82, 2.24) is 5.32 Å². The topological polar surface area (TPSA) is 64.6 Å². The average Bonchev–Trinajstić information content (AvgIpc) is 2.95. The van der Waals surface area contributed by atoms with E-state index in [9.17, 15) is 9.59 Å². The van der Waals surface area contributed by atoms with Crippen LogP contribution in [0.2, 0.25) is 0 Å². The summed E-state index contributed by atoms with van der Waals surface area (Å²) in [5.74, 6) is 0.517. The van der Waals surface area contributed by atoms with E-state index >= 15 is 0 Å². The highest BCUT2D eigenvalue weighted by molar-refractivity contribution is 8.15. The van der Waals surface area contributed by atoms with Crippen LogP contribution in [0.1, 0.15) is 22.8 Å². The maximum absolute atomic E-state index is 11.6. The number of methoxy groups -OCH3 is 1. The third-order valence-electron chi connectivity index (χ3n) is 4.25. The zero-order valence-electron chi connectivity index (χ0n) is 14.7. The van der Waals surface area contributed by atoms with Gasteiger partial charge in [0.15, 0.2) is 0 Å². The number of hydrogen-bond acceptors (Lipinski definition) is 5. The Labute approximate surface area is 157 Å². The standard InChI is InChI=1S/C20H21NO4S/c1-13-3-7-15(8-4-13)17(24-2)12-25-16-9-5-14(6-10-16)11-18-19(22)21-20(23)26-18/h3-10,17-18H,11-12H2,1-2H3,(H,21,22,23). The van der Waals surface area contributed by atoms with Gasteiger partial charge in [0.1, 0.15) is 18.5 Å². The Morgan fingerprint density at radius 2 is 1.77 bits per heavy atom. The first-order chi connectivity index (χ1) is 12.5. The lowest BCUT2D eigenvalue weighted by Crippen LogP contribution is -2.25. The number of ether oxygens (including phenoxy) is 2. The fourth-order valence-corrected chi connectivity index (χ4v) is 3.58. The molecule has 6 heteroatoms. The van der Waals surface area contributed by atoms with Crippen LogP contribution in [0.5, 0.6) is 5.75 Å². The molecule has 0 saturated carbocycles. The SMILES string of the molecule is COC(COc1ccc(CC2SC(=O)NC2=O)cc1)c1ccc(C)cc1. The number of amides is 2. The van der Waals surface area contributed by atoms with E-state index in [1.54, 1.807) is 7.11 Å². The van der Waals surface area contributed by atoms with E-state index in [0.717, 1.165) is 28.6 Å². The highest BCUT2D eigenvalue weighted by Crippen LogP contribution is 2.24. The van der Waals surface area contributed by atoms with Gasteiger partial charge >= 0.3 is 0 Å². The van der Waals surface area contributed by atoms with Gasteiger partial charge in [-0.05, 0) is 36.6 Å². The smallest absolute Gasteiger partial charge is 0.286 e. The van der Waals surface area contributed by atoms with Crippen molar-refractivity contribution >= 4 is 22.9 Å². The Kier molecular flexibility index (Phi) is 5.96. The molecule has 2 aromatic rings. The van der Waals surface area contributed by atoms with Gasteiger partial charge in [-0.15, -0.1) is 0 Å². The van der Waals surface area contributed by atoms with Crippen molar-refractivity contribution in [3.05, 3.63) is 65.2 Å². The zero-order valence-corrected chi connectivity index (χ0v) is 15.5. The summed E-state index contributed by atoms with van der Waals surface area (Å²) in [6.07, 6.45) is 0.381. The summed E-state index contributed by atoms with van der Waals surface area (Å²) in [5, 5.41) is 1.67. The summed E-state index contributed by atoms with van der Waals surface area (Å²) in [5.41, 5.74) is 3.26. The average molecular weight is 371 g/mol. The molecule has 136 valence electrons. The molecule has 1 N–H and O–H groups in total. The molecular formula is C20H21NO4S. The number of aryl methyl sites for hydroxylation is 1. The van der Waals surface area contributed by atoms with Crippen LogP contribution in [-0.4, -0.2) is 30.1 Å². The lowest BCUT2D eigenvalue weighted by atomic mass is 10.1. The first kappa shape index (κ1) is 18.5. The molecule has 0 aromatic heterocycles. The molecule has 1 saturated heterocycles. The van der Waals surface area contributed by atoms with Gasteiger partial charge in [-0.25, -0.2) is 0 Å². The number of rotatable bonds is 7. The second kappa shape index (κ2) is 8.38. The number of carbonyl (C=O) groups excluding carboxylic acids is 2. The van der Waals surface area contributed by atoms with Crippen LogP contribution >= 0.6 is 11.8 Å². The van der Waals surface area contributed by atoms with Crippen molar-refractivity contribution in [3.63, 3.8) is 0 Å². The highest BCUT2D eigenvalue weighted by atomic mass is 32.2. The first-order valence-corrected chi connectivity index (χ1v) is 9.25. The first-order valence-electron chi connectivity index (χ1n) is 8.37. The summed E-state index contributed by atoms with van der Waals surface area (Å²) in [7, 11) is 1.67. The van der Waals surface area contributed by atoms with E-state index in [-0.39, 0.29) is 22.5 Å². The monoisotopic (exact) mass is 371 g/mol. The molecule has 2 aromatic carbocycles. The van der Waals surface area contributed by atoms with Crippen LogP contribution in [0.15, 0.2) is 48.5 Å². The molecule has 0 bridgehead atoms. The minimum Gasteiger partial charge on any atom is -0.491 e. The second-order valence-electron chi connectivity index (χ2n) is 6.18. The van der Waals surface area contributed by atoms with Crippen LogP contribution in [0.4, 0.5) is 4.79 Å². The van der Waals surface area contributed by atoms with Crippen molar-refractivity contribution < 1.29 is 19.1 Å². The fraction of sp³-hybridized carbons (Fsp3) is 0.300. The molecule has 1 fully saturated rings. The zero-order chi connectivity index (χ0) is 18.5. The predicted octanol–water partition coefficient (Wildman–Crippen LogP) is 3.66. The van der Waals surface area contributed by atoms with E-state index < -0.39 is 0 Å². The Bertz CT molecular complexity index is 773. The molecule has 2 amide bonds. The van der Waals surface area contributed by atoms with Crippen molar-refractivity contribution in [3.8, 4) is 5.75 Å². The van der Waals surface area contributed by atoms with Crippen LogP contribution in [-0.2, 0) is 16.0 Å². The lowest BCUT2D eigenvalue weighted by molar-refractivity contribution is -0.118. The number of imide groups is 1. The molecule has 1 aliphatic rings. The van der Waals surface area contributed by atoms with E-state index in [1.165, 1.54) is 5.56 Å². The molecular weight excluding hydrogens is 350 g/mol. The summed E-state index contributed by atoms with van der Waals surface area (Å²) < 4.78 is 11.4. The van der Waals surface area contributed by atoms with Crippen LogP contribution in [0.3, 0.4) is 0 Å². The van der Waals surface area contributed by atoms with E-state index in [4.69, 9.17) is 9.47 Å². The van der Waals surface area contributed by atoms with Crippen molar-refractivity contribution in [1.29, 1.82) is 0 Å². The lowest BCUT2D eigenvalue weighted by Gasteiger charge is -2.17. The van der Waals surface area contributed by atoms with Gasteiger partial charge in [-0.1, -0.05) is 53.7 Å². The molecule has 1 aliphatic heterocycles. The molecule has 2 unspecified atom stereocenters. The summed E-state index contributed by atoms with van der Waals surface area (Å²) in [4.78, 5) is 22.9. The highest BCUT2D eigenvalue weighted by Gasteiger charge is 2.31. The van der Waals surface area contributed by atoms with E-state index in [1.807, 2.05) is 43.3 Å². The Hall–Kier alpha value is -2.31. The van der Waals surface area contributed by atoms with Crippen molar-refractivity contribution in [2.45, 2.75) is 24.7 Å². The number of thioether (sulfide) groups is 1. The fourth-order valence-electron chi connectivity index (χ4n) is 2.72. The molecule has 2 atom stereocenters. The quantitative estimate of drug-likeness (QED) is 0.805. The van der Waals surface area contributed by atoms with Gasteiger partial charge in [0.25, 0.3) is 5.24 Å². The van der Waals surface area contributed by atoms with Crippen molar-refractivity contribution in [2.75, 3.05) is 13.7 Å². The number of carbonyl (C=O) groups is 2. The normalized spacial score (nSPS) is 17.8. The van der Waals surface area contributed by atoms with Crippen LogP contribution in [0, 0.1) is 6.92 Å². The van der Waals surface area contributed by atoms with Crippen LogP contribution < -0.4 is 10.1 Å². The molecule has 3 rings (SSSR count). The third kappa shape index (κ3) is 4.65. The molecule has 0 aliphatic carbocycles. The molecule has 1 heterocycles. The number of hydrogen-bond donors (Lipinski definition) is 1. The summed E-state index contributed by atoms with van der Waals surface area (Å²) in [6, 6.07) is 15.8. The van der Waals surface area contributed by atoms with Gasteiger partial charge in [0.05, 0.1) is 5.25 Å². The molecule has 0 spiro atoms. The number of nitrogens with one attached hydrogen (secondary N) is 1. The van der Waals surface area contributed by atoms with Crippen molar-refractivity contribution in [2.24, 2.45) is 0 Å². The Morgan fingerprint density at radius 3 is 2.35 bits per heavy atom. The Balaban J connectivity index is 1.56. The van der Waals surface area contributed by atoms with E-state index in [2.05, 4.69) is 17.4 Å². The van der Waals surface area contributed by atoms with Gasteiger partial charge < -0.3 is 9.47 Å². The number of benzene rings is 2. The molecule has 0 radical (unpaired) electrons. The van der Waals surface area contributed by atoms with Gasteiger partial charge in [0.2, 0.25) is 5.91 Å².